The molecule has 0 aromatic carbocycles. The van der Waals surface area contributed by atoms with Gasteiger partial charge in [0.1, 0.15) is 0 Å². The molecule has 0 N–H and O–H groups in total. The number of hydrogen-bond acceptors (Lipinski definition) is 6. The lowest BCUT2D eigenvalue weighted by Gasteiger charge is -2.30. The van der Waals surface area contributed by atoms with Crippen LogP contribution < -0.4 is 0 Å². The van der Waals surface area contributed by atoms with Crippen molar-refractivity contribution in [3.8, 4) is 0 Å². The van der Waals surface area contributed by atoms with Gasteiger partial charge in [0.2, 0.25) is 11.8 Å². The summed E-state index contributed by atoms with van der Waals surface area (Å²) in [6, 6.07) is 0. The van der Waals surface area contributed by atoms with E-state index in [-0.39, 0.29) is 22.6 Å². The molecule has 2 rings (SSSR count). The van der Waals surface area contributed by atoms with E-state index in [1.54, 1.807) is 0 Å². The van der Waals surface area contributed by atoms with Crippen molar-refractivity contribution in [1.82, 2.24) is 19.6 Å². The second kappa shape index (κ2) is 15.3. The minimum Gasteiger partial charge on any atom is -0.340 e. The zero-order chi connectivity index (χ0) is 27.6. The Hall–Kier alpha value is -0.580. The van der Waals surface area contributed by atoms with Crippen LogP contribution in [0.15, 0.2) is 0 Å². The third-order valence-electron chi connectivity index (χ3n) is 7.05. The Morgan fingerprint density at radius 3 is 1.35 bits per heavy atom. The average Bonchev–Trinajstić information content (AvgIpc) is 3.25. The molecule has 0 bridgehead atoms. The minimum absolute atomic E-state index is 0.0794. The highest BCUT2D eigenvalue weighted by molar-refractivity contribution is 8.00. The van der Waals surface area contributed by atoms with Gasteiger partial charge in [-0.1, -0.05) is 27.7 Å². The molecule has 0 aromatic rings. The molecule has 2 aliphatic rings. The van der Waals surface area contributed by atoms with E-state index < -0.39 is 0 Å². The molecule has 2 fully saturated rings. The molecule has 0 aromatic heterocycles. The van der Waals surface area contributed by atoms with E-state index in [0.717, 1.165) is 39.0 Å². The molecule has 2 amide bonds. The van der Waals surface area contributed by atoms with Gasteiger partial charge < -0.3 is 9.80 Å². The number of thioether (sulfide) groups is 2. The van der Waals surface area contributed by atoms with E-state index in [2.05, 4.69) is 27.7 Å². The van der Waals surface area contributed by atoms with Gasteiger partial charge in [-0.05, 0) is 104 Å². The Morgan fingerprint density at radius 2 is 1.03 bits per heavy atom. The molecule has 0 saturated carbocycles. The normalized spacial score (nSPS) is 17.2. The summed E-state index contributed by atoms with van der Waals surface area (Å²) < 4.78 is 0. The highest BCUT2D eigenvalue weighted by Gasteiger charge is 2.36. The van der Waals surface area contributed by atoms with E-state index >= 15 is 0 Å². The molecule has 212 valence electrons. The van der Waals surface area contributed by atoms with Gasteiger partial charge in [-0.15, -0.1) is 0 Å². The van der Waals surface area contributed by atoms with Gasteiger partial charge in [0.25, 0.3) is 0 Å². The highest BCUT2D eigenvalue weighted by atomic mass is 32.2. The summed E-state index contributed by atoms with van der Waals surface area (Å²) in [6.07, 6.45) is 5.80. The quantitative estimate of drug-likeness (QED) is 0.157. The molecule has 0 spiro atoms. The van der Waals surface area contributed by atoms with Gasteiger partial charge in [0.05, 0.1) is 13.1 Å². The molecule has 2 heterocycles. The summed E-state index contributed by atoms with van der Waals surface area (Å²) in [4.78, 5) is 32.2. The van der Waals surface area contributed by atoms with E-state index in [1.165, 1.54) is 42.3 Å². The first-order valence-corrected chi connectivity index (χ1v) is 16.9. The van der Waals surface area contributed by atoms with Crippen LogP contribution in [0.3, 0.4) is 0 Å². The number of carbonyl (C=O) groups is 2. The summed E-state index contributed by atoms with van der Waals surface area (Å²) in [5.74, 6) is 5.06. The van der Waals surface area contributed by atoms with Crippen LogP contribution in [0.2, 0.25) is 0 Å². The fourth-order valence-corrected chi connectivity index (χ4v) is 7.48. The lowest BCUT2D eigenvalue weighted by Crippen LogP contribution is -2.39. The molecule has 6 nitrogen and oxygen atoms in total. The summed E-state index contributed by atoms with van der Waals surface area (Å²) in [7, 11) is 0. The Morgan fingerprint density at radius 1 is 0.676 bits per heavy atom. The molecule has 0 unspecified atom stereocenters. The van der Waals surface area contributed by atoms with Gasteiger partial charge >= 0.3 is 0 Å². The second-order valence-corrected chi connectivity index (χ2v) is 14.8. The van der Waals surface area contributed by atoms with Crippen LogP contribution in [0.1, 0.15) is 73.6 Å². The zero-order valence-electron chi connectivity index (χ0n) is 23.8. The number of amides is 2. The second-order valence-electron chi connectivity index (χ2n) is 11.7. The Balaban J connectivity index is 1.49. The third kappa shape index (κ3) is 10.5. The van der Waals surface area contributed by atoms with E-state index in [4.69, 9.17) is 24.4 Å². The van der Waals surface area contributed by atoms with Gasteiger partial charge in [0, 0.05) is 26.2 Å². The Labute approximate surface area is 245 Å². The number of rotatable bonds is 18. The van der Waals surface area contributed by atoms with Crippen molar-refractivity contribution in [3.63, 3.8) is 0 Å². The summed E-state index contributed by atoms with van der Waals surface area (Å²) >= 11 is 15.1. The topological polar surface area (TPSA) is 47.1 Å². The molecular weight excluding hydrogens is 541 g/mol. The number of thiocarbonyl (C=S) groups is 2. The van der Waals surface area contributed by atoms with Crippen LogP contribution in [0.25, 0.3) is 0 Å². The maximum Gasteiger partial charge on any atom is 0.248 e. The number of likely N-dealkylation sites (N-methyl/N-ethyl adjacent to an activating group) is 2. The van der Waals surface area contributed by atoms with Gasteiger partial charge in [-0.3, -0.25) is 19.4 Å². The predicted octanol–water partition coefficient (Wildman–Crippen LogP) is 5.35. The maximum absolute atomic E-state index is 12.3. The van der Waals surface area contributed by atoms with Crippen molar-refractivity contribution in [1.29, 1.82) is 0 Å². The lowest BCUT2D eigenvalue weighted by molar-refractivity contribution is -0.126. The van der Waals surface area contributed by atoms with E-state index in [1.807, 2.05) is 57.0 Å². The van der Waals surface area contributed by atoms with Gasteiger partial charge in [-0.2, -0.15) is 23.5 Å². The average molecular weight is 589 g/mol. The molecule has 37 heavy (non-hydrogen) atoms. The smallest absolute Gasteiger partial charge is 0.248 e. The molecule has 2 aliphatic heterocycles. The van der Waals surface area contributed by atoms with Crippen molar-refractivity contribution in [2.24, 2.45) is 10.8 Å². The monoisotopic (exact) mass is 588 g/mol. The standard InChI is InChI=1S/C27H48N4O2S4/c1-7-28-18-22(32)30(24(28)34)20-26(3,4)12-9-14-36-16-11-17-37-15-10-13-27(5,6)21-31-23(33)19-29(8-2)25(31)35/h7-21H2,1-6H3. The summed E-state index contributed by atoms with van der Waals surface area (Å²) in [6.45, 7) is 17.0. The minimum atomic E-state index is 0.0794. The van der Waals surface area contributed by atoms with Crippen LogP contribution in [-0.4, -0.2) is 104 Å². The zero-order valence-corrected chi connectivity index (χ0v) is 27.1. The Kier molecular flexibility index (Phi) is 13.5. The van der Waals surface area contributed by atoms with Crippen molar-refractivity contribution < 1.29 is 9.59 Å². The molecule has 0 aliphatic carbocycles. The van der Waals surface area contributed by atoms with Crippen molar-refractivity contribution in [3.05, 3.63) is 0 Å². The van der Waals surface area contributed by atoms with Crippen LogP contribution >= 0.6 is 48.0 Å². The van der Waals surface area contributed by atoms with Crippen molar-refractivity contribution in [2.75, 3.05) is 62.3 Å². The van der Waals surface area contributed by atoms with Crippen molar-refractivity contribution in [2.45, 2.75) is 73.6 Å². The number of nitrogens with zero attached hydrogens (tertiary/aromatic N) is 4. The van der Waals surface area contributed by atoms with Gasteiger partial charge in [0.15, 0.2) is 10.2 Å². The molecule has 2 saturated heterocycles. The van der Waals surface area contributed by atoms with Crippen molar-refractivity contribution >= 4 is 70.0 Å². The molecular formula is C27H48N4O2S4. The van der Waals surface area contributed by atoms with Crippen LogP contribution in [0.4, 0.5) is 0 Å². The predicted molar refractivity (Wildman–Crippen MR) is 168 cm³/mol. The van der Waals surface area contributed by atoms with Crippen LogP contribution in [-0.2, 0) is 9.59 Å². The van der Waals surface area contributed by atoms with E-state index in [9.17, 15) is 9.59 Å². The SMILES string of the molecule is CCN1CC(=O)N(CC(C)(C)CCCSCCCSCCCC(C)(C)CN2C(=O)CN(CC)C2=S)C1=S. The largest absolute Gasteiger partial charge is 0.340 e. The first kappa shape index (κ1) is 32.6. The fraction of sp³-hybridized carbons (Fsp3) is 0.852. The van der Waals surface area contributed by atoms with Crippen LogP contribution in [0.5, 0.6) is 0 Å². The number of hydrogen-bond donors (Lipinski definition) is 0. The fourth-order valence-electron chi connectivity index (χ4n) is 4.78. The summed E-state index contributed by atoms with van der Waals surface area (Å²) in [5.41, 5.74) is 0.159. The lowest BCUT2D eigenvalue weighted by atomic mass is 9.87. The Bertz CT molecular complexity index is 741. The number of carbonyl (C=O) groups excluding carboxylic acids is 2. The third-order valence-corrected chi connectivity index (χ3v) is 10.3. The molecule has 0 atom stereocenters. The highest BCUT2D eigenvalue weighted by Crippen LogP contribution is 2.29. The van der Waals surface area contributed by atoms with Gasteiger partial charge in [-0.25, -0.2) is 0 Å². The van der Waals surface area contributed by atoms with E-state index in [0.29, 0.717) is 23.3 Å². The molecule has 0 radical (unpaired) electrons. The first-order valence-electron chi connectivity index (χ1n) is 13.7. The van der Waals surface area contributed by atoms with Crippen LogP contribution in [0, 0.1) is 10.8 Å². The summed E-state index contributed by atoms with van der Waals surface area (Å²) in [5, 5.41) is 1.40. The molecule has 10 heteroatoms. The first-order chi connectivity index (χ1) is 17.4. The maximum atomic E-state index is 12.3.